The molecule has 1 aliphatic rings. The number of carbonyl (C=O) groups excluding carboxylic acids is 3. The molecule has 3 rings (SSSR count). The first kappa shape index (κ1) is 20.2. The summed E-state index contributed by atoms with van der Waals surface area (Å²) in [5.74, 6) is -1.69. The number of aryl methyl sites for hydroxylation is 2. The van der Waals surface area contributed by atoms with Crippen molar-refractivity contribution in [2.45, 2.75) is 20.3 Å². The van der Waals surface area contributed by atoms with Gasteiger partial charge in [0.25, 0.3) is 5.91 Å². The van der Waals surface area contributed by atoms with Gasteiger partial charge in [-0.1, -0.05) is 29.3 Å². The van der Waals surface area contributed by atoms with Crippen molar-refractivity contribution < 1.29 is 14.4 Å². The average Bonchev–Trinajstić information content (AvgIpc) is 3.03. The topological polar surface area (TPSA) is 78.5 Å². The van der Waals surface area contributed by atoms with Crippen molar-refractivity contribution in [2.75, 3.05) is 11.4 Å². The second-order valence-electron chi connectivity index (χ2n) is 6.74. The quantitative estimate of drug-likeness (QED) is 0.747. The predicted octanol–water partition coefficient (Wildman–Crippen LogP) is 3.42. The number of hydrogen-bond acceptors (Lipinski definition) is 3. The van der Waals surface area contributed by atoms with Crippen LogP contribution >= 0.6 is 23.2 Å². The van der Waals surface area contributed by atoms with E-state index in [1.807, 2.05) is 32.0 Å². The van der Waals surface area contributed by atoms with Crippen LogP contribution in [-0.4, -0.2) is 24.3 Å². The molecule has 2 N–H and O–H groups in total. The first-order valence-electron chi connectivity index (χ1n) is 8.69. The molecule has 146 valence electrons. The maximum atomic E-state index is 12.4. The zero-order valence-corrected chi connectivity index (χ0v) is 16.9. The van der Waals surface area contributed by atoms with Crippen molar-refractivity contribution in [1.29, 1.82) is 0 Å². The molecule has 1 heterocycles. The van der Waals surface area contributed by atoms with Gasteiger partial charge in [0.15, 0.2) is 0 Å². The lowest BCUT2D eigenvalue weighted by atomic mass is 10.1. The van der Waals surface area contributed by atoms with Crippen LogP contribution in [0.2, 0.25) is 10.0 Å². The minimum Gasteiger partial charge on any atom is -0.312 e. The van der Waals surface area contributed by atoms with Crippen LogP contribution in [0.15, 0.2) is 36.4 Å². The molecule has 1 saturated heterocycles. The number of nitrogens with zero attached hydrogens (tertiary/aromatic N) is 1. The summed E-state index contributed by atoms with van der Waals surface area (Å²) in [6.07, 6.45) is 0.0797. The van der Waals surface area contributed by atoms with E-state index in [1.165, 1.54) is 18.2 Å². The van der Waals surface area contributed by atoms with E-state index in [4.69, 9.17) is 23.2 Å². The predicted molar refractivity (Wildman–Crippen MR) is 108 cm³/mol. The van der Waals surface area contributed by atoms with Crippen LogP contribution in [0.1, 0.15) is 27.9 Å². The molecular formula is C20H19Cl2N3O3. The number of anilines is 1. The van der Waals surface area contributed by atoms with Crippen molar-refractivity contribution in [2.24, 2.45) is 5.92 Å². The normalized spacial score (nSPS) is 16.2. The Labute approximate surface area is 172 Å². The maximum Gasteiger partial charge on any atom is 0.271 e. The van der Waals surface area contributed by atoms with E-state index in [9.17, 15) is 14.4 Å². The van der Waals surface area contributed by atoms with Crippen molar-refractivity contribution in [1.82, 2.24) is 10.9 Å². The number of hydrazine groups is 1. The fourth-order valence-electron chi connectivity index (χ4n) is 2.99. The fraction of sp³-hybridized carbons (Fsp3) is 0.250. The molecule has 0 radical (unpaired) electrons. The van der Waals surface area contributed by atoms with Gasteiger partial charge in [0.2, 0.25) is 11.8 Å². The van der Waals surface area contributed by atoms with Crippen molar-refractivity contribution in [3.8, 4) is 0 Å². The van der Waals surface area contributed by atoms with Gasteiger partial charge in [-0.05, 0) is 55.3 Å². The molecule has 1 aliphatic heterocycles. The second-order valence-corrected chi connectivity index (χ2v) is 7.59. The van der Waals surface area contributed by atoms with E-state index in [2.05, 4.69) is 10.9 Å². The molecule has 0 saturated carbocycles. The van der Waals surface area contributed by atoms with E-state index < -0.39 is 17.7 Å². The molecule has 8 heteroatoms. The van der Waals surface area contributed by atoms with Gasteiger partial charge < -0.3 is 4.90 Å². The van der Waals surface area contributed by atoms with Crippen LogP contribution in [-0.2, 0) is 9.59 Å². The van der Waals surface area contributed by atoms with Gasteiger partial charge in [0.05, 0.1) is 16.5 Å². The first-order chi connectivity index (χ1) is 13.3. The summed E-state index contributed by atoms with van der Waals surface area (Å²) in [7, 11) is 0. The molecule has 0 unspecified atom stereocenters. The van der Waals surface area contributed by atoms with Crippen LogP contribution < -0.4 is 15.8 Å². The van der Waals surface area contributed by atoms with Crippen LogP contribution in [0, 0.1) is 19.8 Å². The highest BCUT2D eigenvalue weighted by molar-refractivity contribution is 6.36. The van der Waals surface area contributed by atoms with E-state index in [1.54, 1.807) is 4.90 Å². The third-order valence-electron chi connectivity index (χ3n) is 4.77. The molecule has 3 amide bonds. The summed E-state index contributed by atoms with van der Waals surface area (Å²) in [6, 6.07) is 10.2. The number of rotatable bonds is 3. The highest BCUT2D eigenvalue weighted by Crippen LogP contribution is 2.27. The summed E-state index contributed by atoms with van der Waals surface area (Å²) in [5.41, 5.74) is 7.85. The lowest BCUT2D eigenvalue weighted by Crippen LogP contribution is -2.45. The number of amides is 3. The Kier molecular flexibility index (Phi) is 5.91. The van der Waals surface area contributed by atoms with Crippen LogP contribution in [0.4, 0.5) is 5.69 Å². The van der Waals surface area contributed by atoms with Gasteiger partial charge in [-0.2, -0.15) is 0 Å². The van der Waals surface area contributed by atoms with Gasteiger partial charge >= 0.3 is 0 Å². The Morgan fingerprint density at radius 3 is 2.46 bits per heavy atom. The van der Waals surface area contributed by atoms with E-state index in [0.717, 1.165) is 16.8 Å². The van der Waals surface area contributed by atoms with Crippen molar-refractivity contribution >= 4 is 46.6 Å². The smallest absolute Gasteiger partial charge is 0.271 e. The van der Waals surface area contributed by atoms with Crippen LogP contribution in [0.3, 0.4) is 0 Å². The van der Waals surface area contributed by atoms with Crippen molar-refractivity contribution in [3.63, 3.8) is 0 Å². The number of carbonyl (C=O) groups is 3. The maximum absolute atomic E-state index is 12.4. The molecule has 1 atom stereocenters. The molecule has 2 aromatic rings. The molecule has 2 aromatic carbocycles. The van der Waals surface area contributed by atoms with Gasteiger partial charge in [-0.3, -0.25) is 25.2 Å². The monoisotopic (exact) mass is 419 g/mol. The zero-order valence-electron chi connectivity index (χ0n) is 15.4. The zero-order chi connectivity index (χ0) is 20.4. The Hall–Kier alpha value is -2.57. The van der Waals surface area contributed by atoms with Crippen LogP contribution in [0.5, 0.6) is 0 Å². The average molecular weight is 420 g/mol. The number of nitrogens with one attached hydrogen (secondary N) is 2. The Bertz CT molecular complexity index is 962. The van der Waals surface area contributed by atoms with E-state index >= 15 is 0 Å². The van der Waals surface area contributed by atoms with E-state index in [0.29, 0.717) is 5.02 Å². The second kappa shape index (κ2) is 8.20. The highest BCUT2D eigenvalue weighted by atomic mass is 35.5. The molecule has 1 fully saturated rings. The van der Waals surface area contributed by atoms with Gasteiger partial charge in [0.1, 0.15) is 0 Å². The van der Waals surface area contributed by atoms with Crippen LogP contribution in [0.25, 0.3) is 0 Å². The molecule has 28 heavy (non-hydrogen) atoms. The largest absolute Gasteiger partial charge is 0.312 e. The molecule has 0 aliphatic carbocycles. The Morgan fingerprint density at radius 2 is 1.79 bits per heavy atom. The molecule has 0 spiro atoms. The third-order valence-corrected chi connectivity index (χ3v) is 5.32. The summed E-state index contributed by atoms with van der Waals surface area (Å²) in [5, 5.41) is 0.581. The fourth-order valence-corrected chi connectivity index (χ4v) is 3.48. The Balaban J connectivity index is 1.61. The number of hydrogen-bond donors (Lipinski definition) is 2. The minimum atomic E-state index is -0.564. The van der Waals surface area contributed by atoms with Gasteiger partial charge in [-0.25, -0.2) is 0 Å². The Morgan fingerprint density at radius 1 is 1.04 bits per heavy atom. The molecule has 6 nitrogen and oxygen atoms in total. The summed E-state index contributed by atoms with van der Waals surface area (Å²) < 4.78 is 0. The standard InChI is InChI=1S/C20H19Cl2N3O3/c1-11-3-5-15(7-12(11)2)25-10-13(8-18(25)26)19(27)23-24-20(28)16-6-4-14(21)9-17(16)22/h3-7,9,13H,8,10H2,1-2H3,(H,23,27)(H,24,28)/t13-/m1/s1. The first-order valence-corrected chi connectivity index (χ1v) is 9.44. The summed E-state index contributed by atoms with van der Waals surface area (Å²) in [6.45, 7) is 4.22. The third kappa shape index (κ3) is 4.29. The van der Waals surface area contributed by atoms with Gasteiger partial charge in [-0.15, -0.1) is 0 Å². The molecule has 0 bridgehead atoms. The number of benzene rings is 2. The lowest BCUT2D eigenvalue weighted by Gasteiger charge is -2.18. The van der Waals surface area contributed by atoms with Gasteiger partial charge in [0, 0.05) is 23.7 Å². The minimum absolute atomic E-state index is 0.0797. The summed E-state index contributed by atoms with van der Waals surface area (Å²) in [4.78, 5) is 38.5. The molecule has 0 aromatic heterocycles. The highest BCUT2D eigenvalue weighted by Gasteiger charge is 2.35. The SMILES string of the molecule is Cc1ccc(N2C[C@H](C(=O)NNC(=O)c3ccc(Cl)cc3Cl)CC2=O)cc1C. The lowest BCUT2D eigenvalue weighted by molar-refractivity contribution is -0.126. The molecular weight excluding hydrogens is 401 g/mol. The van der Waals surface area contributed by atoms with E-state index in [-0.39, 0.29) is 29.5 Å². The number of halogens is 2. The van der Waals surface area contributed by atoms with Crippen molar-refractivity contribution in [3.05, 3.63) is 63.1 Å². The summed E-state index contributed by atoms with van der Waals surface area (Å²) >= 11 is 11.8.